The summed E-state index contributed by atoms with van der Waals surface area (Å²) in [6.07, 6.45) is 3.52. The summed E-state index contributed by atoms with van der Waals surface area (Å²) < 4.78 is 1.68. The van der Waals surface area contributed by atoms with Crippen LogP contribution >= 0.6 is 0 Å². The quantitative estimate of drug-likeness (QED) is 0.0769. The van der Waals surface area contributed by atoms with E-state index < -0.39 is 78.2 Å². The Labute approximate surface area is 319 Å². The summed E-state index contributed by atoms with van der Waals surface area (Å²) in [6.45, 7) is 5.89. The van der Waals surface area contributed by atoms with Crippen LogP contribution in [0.5, 0.6) is 5.75 Å². The molecule has 0 saturated heterocycles. The van der Waals surface area contributed by atoms with Gasteiger partial charge in [-0.2, -0.15) is 0 Å². The molecular formula is C39H50N7O9+. The van der Waals surface area contributed by atoms with Gasteiger partial charge in [-0.1, -0.05) is 56.3 Å². The van der Waals surface area contributed by atoms with Crippen LogP contribution in [0.2, 0.25) is 0 Å². The first kappa shape index (κ1) is 43.1. The number of pyridine rings is 1. The number of aryl methyl sites for hydroxylation is 1. The SMILES string of the molecule is CC(C)C[C@@H](NC(=O)[C@H](Cc1ccccc1)NC(=O)CNC(=O)[C@@H](C)NC(=O)[C@H](Cc1ccc(O)cc1)NC(=O)[C@H](C)NC(=O)c1ccc[n+](C)c1)C(=O)O. The maximum Gasteiger partial charge on any atom is 0.326 e. The Bertz CT molecular complexity index is 1820. The Morgan fingerprint density at radius 3 is 1.80 bits per heavy atom. The van der Waals surface area contributed by atoms with Crippen molar-refractivity contribution in [1.29, 1.82) is 0 Å². The molecule has 16 nitrogen and oxygen atoms in total. The molecule has 1 heterocycles. The van der Waals surface area contributed by atoms with Gasteiger partial charge in [-0.3, -0.25) is 28.8 Å². The first-order valence-electron chi connectivity index (χ1n) is 17.8. The number of nitrogens with zero attached hydrogens (tertiary/aromatic N) is 1. The number of aromatic hydroxyl groups is 1. The molecule has 3 rings (SSSR count). The van der Waals surface area contributed by atoms with Crippen molar-refractivity contribution in [3.63, 3.8) is 0 Å². The third kappa shape index (κ3) is 14.6. The molecule has 0 unspecified atom stereocenters. The van der Waals surface area contributed by atoms with Crippen molar-refractivity contribution in [3.8, 4) is 5.75 Å². The molecule has 2 aromatic carbocycles. The van der Waals surface area contributed by atoms with Crippen LogP contribution in [0.1, 0.15) is 55.6 Å². The van der Waals surface area contributed by atoms with Gasteiger partial charge >= 0.3 is 5.97 Å². The van der Waals surface area contributed by atoms with E-state index in [0.29, 0.717) is 16.7 Å². The summed E-state index contributed by atoms with van der Waals surface area (Å²) in [5.41, 5.74) is 1.60. The highest BCUT2D eigenvalue weighted by molar-refractivity contribution is 5.98. The van der Waals surface area contributed by atoms with Gasteiger partial charge < -0.3 is 42.1 Å². The predicted octanol–water partition coefficient (Wildman–Crippen LogP) is 0.0264. The van der Waals surface area contributed by atoms with Crippen LogP contribution in [0.25, 0.3) is 0 Å². The number of carboxylic acid groups (broad SMARTS) is 1. The van der Waals surface area contributed by atoms with E-state index in [9.17, 15) is 43.8 Å². The van der Waals surface area contributed by atoms with Crippen molar-refractivity contribution in [3.05, 3.63) is 95.8 Å². The van der Waals surface area contributed by atoms with Crippen molar-refractivity contribution < 1.29 is 48.3 Å². The second-order valence-electron chi connectivity index (χ2n) is 13.7. The van der Waals surface area contributed by atoms with Crippen LogP contribution in [0, 0.1) is 5.92 Å². The van der Waals surface area contributed by atoms with E-state index in [0.717, 1.165) is 0 Å². The number of nitrogens with one attached hydrogen (secondary N) is 6. The summed E-state index contributed by atoms with van der Waals surface area (Å²) in [5.74, 6) is -5.35. The van der Waals surface area contributed by atoms with Crippen LogP contribution in [-0.2, 0) is 48.7 Å². The molecule has 8 N–H and O–H groups in total. The Hall–Kier alpha value is -6.32. The van der Waals surface area contributed by atoms with Gasteiger partial charge in [0.1, 0.15) is 48.6 Å². The molecule has 0 aliphatic heterocycles. The first-order chi connectivity index (χ1) is 26.0. The standard InChI is InChI=1S/C39H49N7O9/c1-23(2)18-32(39(54)55)45-38(53)30(19-26-10-7-6-8-11-26)43-33(48)21-40-34(49)24(3)42-37(52)31(20-27-13-15-29(47)16-14-27)44-35(50)25(4)41-36(51)28-12-9-17-46(5)22-28/h6-17,22-25,30-32H,18-21H2,1-5H3,(H7-,40,41,42,43,44,45,47,48,49,50,51,52,53,54,55)/p+1/t24-,25+,30+,31+,32-/m1/s1. The lowest BCUT2D eigenvalue weighted by atomic mass is 10.0. The number of carboxylic acids is 1. The minimum Gasteiger partial charge on any atom is -0.508 e. The molecule has 0 spiro atoms. The van der Waals surface area contributed by atoms with Crippen molar-refractivity contribution in [2.24, 2.45) is 13.0 Å². The summed E-state index contributed by atoms with van der Waals surface area (Å²) in [7, 11) is 1.74. The number of hydrogen-bond acceptors (Lipinski definition) is 8. The average Bonchev–Trinajstić information content (AvgIpc) is 3.13. The summed E-state index contributed by atoms with van der Waals surface area (Å²) in [5, 5.41) is 34.6. The normalized spacial score (nSPS) is 13.6. The Kier molecular flexibility index (Phi) is 16.3. The molecule has 0 aliphatic rings. The fraction of sp³-hybridized carbons (Fsp3) is 0.385. The van der Waals surface area contributed by atoms with Crippen molar-refractivity contribution in [2.75, 3.05) is 6.54 Å². The lowest BCUT2D eigenvalue weighted by molar-refractivity contribution is -0.671. The summed E-state index contributed by atoms with van der Waals surface area (Å²) in [6, 6.07) is 12.2. The van der Waals surface area contributed by atoms with Gasteiger partial charge in [-0.05, 0) is 55.5 Å². The Morgan fingerprint density at radius 1 is 0.636 bits per heavy atom. The molecule has 0 aliphatic carbocycles. The molecular weight excluding hydrogens is 710 g/mol. The zero-order valence-electron chi connectivity index (χ0n) is 31.5. The number of rotatable bonds is 19. The average molecular weight is 761 g/mol. The number of phenolic OH excluding ortho intramolecular Hbond substituents is 1. The molecule has 5 atom stereocenters. The Balaban J connectivity index is 1.64. The third-order valence-electron chi connectivity index (χ3n) is 8.38. The van der Waals surface area contributed by atoms with Gasteiger partial charge in [0.2, 0.25) is 29.5 Å². The fourth-order valence-electron chi connectivity index (χ4n) is 5.41. The van der Waals surface area contributed by atoms with Crippen LogP contribution in [-0.4, -0.2) is 88.4 Å². The molecule has 16 heteroatoms. The van der Waals surface area contributed by atoms with Crippen molar-refractivity contribution >= 4 is 41.4 Å². The topological polar surface area (TPSA) is 236 Å². The third-order valence-corrected chi connectivity index (χ3v) is 8.38. The largest absolute Gasteiger partial charge is 0.508 e. The van der Waals surface area contributed by atoms with Gasteiger partial charge in [0.25, 0.3) is 5.91 Å². The minimum atomic E-state index is -1.22. The molecule has 1 aromatic heterocycles. The van der Waals surface area contributed by atoms with E-state index in [1.54, 1.807) is 78.6 Å². The molecule has 55 heavy (non-hydrogen) atoms. The highest BCUT2D eigenvalue weighted by Crippen LogP contribution is 2.12. The van der Waals surface area contributed by atoms with Gasteiger partial charge in [0.05, 0.1) is 6.54 Å². The van der Waals surface area contributed by atoms with E-state index >= 15 is 0 Å². The monoisotopic (exact) mass is 760 g/mol. The van der Waals surface area contributed by atoms with E-state index in [4.69, 9.17) is 0 Å². The molecule has 0 fully saturated rings. The number of carbonyl (C=O) groups is 7. The number of hydrogen-bond donors (Lipinski definition) is 8. The summed E-state index contributed by atoms with van der Waals surface area (Å²) in [4.78, 5) is 90.5. The second kappa shape index (κ2) is 20.8. The maximum absolute atomic E-state index is 13.5. The molecule has 0 radical (unpaired) electrons. The van der Waals surface area contributed by atoms with Gasteiger partial charge in [0.15, 0.2) is 12.4 Å². The van der Waals surface area contributed by atoms with Crippen molar-refractivity contribution in [1.82, 2.24) is 31.9 Å². The maximum atomic E-state index is 13.5. The lowest BCUT2D eigenvalue weighted by Gasteiger charge is -2.24. The van der Waals surface area contributed by atoms with E-state index in [-0.39, 0.29) is 30.9 Å². The van der Waals surface area contributed by atoms with Crippen LogP contribution in [0.15, 0.2) is 79.1 Å². The first-order valence-corrected chi connectivity index (χ1v) is 17.8. The van der Waals surface area contributed by atoms with E-state index in [1.807, 2.05) is 13.8 Å². The number of carbonyl (C=O) groups excluding carboxylic acids is 6. The minimum absolute atomic E-state index is 0.00337. The van der Waals surface area contributed by atoms with Crippen LogP contribution in [0.3, 0.4) is 0 Å². The number of benzene rings is 2. The number of phenols is 1. The molecule has 6 amide bonds. The smallest absolute Gasteiger partial charge is 0.326 e. The number of aliphatic carboxylic acids is 1. The number of aromatic nitrogens is 1. The lowest BCUT2D eigenvalue weighted by Crippen LogP contribution is -2.57. The van der Waals surface area contributed by atoms with Gasteiger partial charge in [-0.15, -0.1) is 0 Å². The highest BCUT2D eigenvalue weighted by atomic mass is 16.4. The molecule has 294 valence electrons. The molecule has 3 aromatic rings. The zero-order chi connectivity index (χ0) is 40.7. The number of amides is 6. The molecule has 0 bridgehead atoms. The zero-order valence-corrected chi connectivity index (χ0v) is 31.5. The van der Waals surface area contributed by atoms with Gasteiger partial charge in [0, 0.05) is 18.9 Å². The van der Waals surface area contributed by atoms with E-state index in [1.165, 1.54) is 26.0 Å². The highest BCUT2D eigenvalue weighted by Gasteiger charge is 2.30. The van der Waals surface area contributed by atoms with Crippen molar-refractivity contribution in [2.45, 2.75) is 77.2 Å². The van der Waals surface area contributed by atoms with Gasteiger partial charge in [-0.25, -0.2) is 9.36 Å². The molecule has 0 saturated carbocycles. The summed E-state index contributed by atoms with van der Waals surface area (Å²) >= 11 is 0. The Morgan fingerprint density at radius 2 is 1.20 bits per heavy atom. The van der Waals surface area contributed by atoms with Crippen LogP contribution < -0.4 is 36.5 Å². The predicted molar refractivity (Wildman–Crippen MR) is 200 cm³/mol. The van der Waals surface area contributed by atoms with E-state index in [2.05, 4.69) is 31.9 Å². The van der Waals surface area contributed by atoms with Crippen LogP contribution in [0.4, 0.5) is 0 Å². The fourth-order valence-corrected chi connectivity index (χ4v) is 5.41. The second-order valence-corrected chi connectivity index (χ2v) is 13.7.